The van der Waals surface area contributed by atoms with Gasteiger partial charge in [0.25, 0.3) is 0 Å². The van der Waals surface area contributed by atoms with E-state index in [1.165, 1.54) is 4.90 Å². The zero-order chi connectivity index (χ0) is 14.6. The van der Waals surface area contributed by atoms with Crippen LogP contribution in [0.25, 0.3) is 0 Å². The molecule has 4 N–H and O–H groups in total. The molecular formula is C11H14ClN3O3S. The summed E-state index contributed by atoms with van der Waals surface area (Å²) in [5, 5.41) is 0. The average molecular weight is 304 g/mol. The van der Waals surface area contributed by atoms with Crippen molar-refractivity contribution >= 4 is 40.5 Å². The van der Waals surface area contributed by atoms with Gasteiger partial charge in [-0.15, -0.1) is 11.3 Å². The van der Waals surface area contributed by atoms with E-state index >= 15 is 0 Å². The molecule has 0 aliphatic heterocycles. The normalized spacial score (nSPS) is 12.4. The highest BCUT2D eigenvalue weighted by Crippen LogP contribution is 2.23. The van der Waals surface area contributed by atoms with E-state index in [4.69, 9.17) is 23.1 Å². The highest BCUT2D eigenvalue weighted by atomic mass is 35.5. The predicted octanol–water partition coefficient (Wildman–Crippen LogP) is 0.245. The summed E-state index contributed by atoms with van der Waals surface area (Å²) in [6.45, 7) is 1.16. The third-order valence-electron chi connectivity index (χ3n) is 2.46. The first-order chi connectivity index (χ1) is 8.81. The fraction of sp³-hybridized carbons (Fsp3) is 0.364. The van der Waals surface area contributed by atoms with Crippen LogP contribution in [0.15, 0.2) is 12.1 Å². The van der Waals surface area contributed by atoms with Crippen LogP contribution in [0.4, 0.5) is 0 Å². The Hall–Kier alpha value is -1.44. The van der Waals surface area contributed by atoms with Gasteiger partial charge in [-0.3, -0.25) is 19.3 Å². The predicted molar refractivity (Wildman–Crippen MR) is 73.1 cm³/mol. The molecule has 1 aromatic rings. The van der Waals surface area contributed by atoms with Crippen LogP contribution in [0.1, 0.15) is 16.6 Å². The summed E-state index contributed by atoms with van der Waals surface area (Å²) in [5.41, 5.74) is 10.2. The monoisotopic (exact) mass is 303 g/mol. The third kappa shape index (κ3) is 4.62. The van der Waals surface area contributed by atoms with E-state index in [1.807, 2.05) is 0 Å². The third-order valence-corrected chi connectivity index (χ3v) is 3.71. The molecule has 1 unspecified atom stereocenters. The molecule has 2 amide bonds. The number of Topliss-reactive ketones (excluding diaryl/α,β-unsaturated/α-hetero) is 1. The maximum absolute atomic E-state index is 12.2. The number of primary amides is 2. The second-order valence-corrected chi connectivity index (χ2v) is 5.70. The zero-order valence-electron chi connectivity index (χ0n) is 10.3. The van der Waals surface area contributed by atoms with Crippen molar-refractivity contribution in [3.63, 3.8) is 0 Å². The Morgan fingerprint density at radius 3 is 2.16 bits per heavy atom. The van der Waals surface area contributed by atoms with Gasteiger partial charge in [0, 0.05) is 0 Å². The van der Waals surface area contributed by atoms with Gasteiger partial charge in [-0.1, -0.05) is 11.6 Å². The lowest BCUT2D eigenvalue weighted by molar-refractivity contribution is -0.122. The van der Waals surface area contributed by atoms with Gasteiger partial charge in [0.2, 0.25) is 11.8 Å². The first kappa shape index (κ1) is 15.6. The molecule has 0 aliphatic carbocycles. The minimum atomic E-state index is -0.685. The van der Waals surface area contributed by atoms with Crippen LogP contribution in [0.3, 0.4) is 0 Å². The molecule has 8 heteroatoms. The fourth-order valence-electron chi connectivity index (χ4n) is 1.55. The number of carbonyl (C=O) groups is 3. The quantitative estimate of drug-likeness (QED) is 0.704. The van der Waals surface area contributed by atoms with E-state index in [0.29, 0.717) is 9.21 Å². The summed E-state index contributed by atoms with van der Waals surface area (Å²) in [7, 11) is 0. The molecule has 0 aliphatic rings. The highest BCUT2D eigenvalue weighted by Gasteiger charge is 2.25. The van der Waals surface area contributed by atoms with E-state index in [-0.39, 0.29) is 18.9 Å². The highest BCUT2D eigenvalue weighted by molar-refractivity contribution is 7.18. The summed E-state index contributed by atoms with van der Waals surface area (Å²) >= 11 is 6.90. The number of hydrogen-bond donors (Lipinski definition) is 2. The maximum atomic E-state index is 12.2. The fourth-order valence-corrected chi connectivity index (χ4v) is 2.61. The van der Waals surface area contributed by atoms with Crippen LogP contribution in [-0.2, 0) is 9.59 Å². The van der Waals surface area contributed by atoms with Crippen molar-refractivity contribution in [2.45, 2.75) is 13.0 Å². The average Bonchev–Trinajstić information content (AvgIpc) is 2.71. The number of thiophene rings is 1. The van der Waals surface area contributed by atoms with Gasteiger partial charge >= 0.3 is 0 Å². The largest absolute Gasteiger partial charge is 0.369 e. The summed E-state index contributed by atoms with van der Waals surface area (Å²) in [5.74, 6) is -1.50. The van der Waals surface area contributed by atoms with E-state index in [9.17, 15) is 14.4 Å². The minimum absolute atomic E-state index is 0.213. The van der Waals surface area contributed by atoms with Crippen molar-refractivity contribution < 1.29 is 14.4 Å². The molecule has 1 aromatic heterocycles. The molecule has 0 saturated carbocycles. The number of ketones is 1. The van der Waals surface area contributed by atoms with E-state index < -0.39 is 17.9 Å². The van der Waals surface area contributed by atoms with Crippen molar-refractivity contribution in [3.05, 3.63) is 21.3 Å². The van der Waals surface area contributed by atoms with E-state index in [1.54, 1.807) is 19.1 Å². The van der Waals surface area contributed by atoms with Crippen LogP contribution in [-0.4, -0.2) is 41.6 Å². The smallest absolute Gasteiger partial charge is 0.231 e. The summed E-state index contributed by atoms with van der Waals surface area (Å²) in [6, 6.07) is 2.52. The van der Waals surface area contributed by atoms with Crippen LogP contribution in [0, 0.1) is 0 Å². The van der Waals surface area contributed by atoms with Gasteiger partial charge in [0.05, 0.1) is 28.3 Å². The topological polar surface area (TPSA) is 106 Å². The number of hydrogen-bond acceptors (Lipinski definition) is 5. The molecule has 104 valence electrons. The van der Waals surface area contributed by atoms with E-state index in [0.717, 1.165) is 11.3 Å². The van der Waals surface area contributed by atoms with Crippen LogP contribution < -0.4 is 11.5 Å². The first-order valence-corrected chi connectivity index (χ1v) is 6.61. The zero-order valence-corrected chi connectivity index (χ0v) is 11.8. The second kappa shape index (κ2) is 6.65. The molecule has 0 bridgehead atoms. The molecule has 0 spiro atoms. The molecule has 1 rings (SSSR count). The lowest BCUT2D eigenvalue weighted by atomic mass is 10.1. The molecule has 1 heterocycles. The Kier molecular flexibility index (Phi) is 5.46. The lowest BCUT2D eigenvalue weighted by Gasteiger charge is -2.24. The van der Waals surface area contributed by atoms with Gasteiger partial charge in [-0.25, -0.2) is 0 Å². The molecular weight excluding hydrogens is 290 g/mol. The Morgan fingerprint density at radius 2 is 1.79 bits per heavy atom. The number of carbonyl (C=O) groups excluding carboxylic acids is 3. The summed E-state index contributed by atoms with van der Waals surface area (Å²) in [6.07, 6.45) is 0. The van der Waals surface area contributed by atoms with Crippen molar-refractivity contribution in [3.8, 4) is 0 Å². The standard InChI is InChI=1S/C11H14ClN3O3S/c1-6(11(18)7-2-3-8(12)19-7)15(4-9(13)16)5-10(14)17/h2-3,6H,4-5H2,1H3,(H2,13,16)(H2,14,17). The number of rotatable bonds is 7. The lowest BCUT2D eigenvalue weighted by Crippen LogP contribution is -2.47. The van der Waals surface area contributed by atoms with Crippen molar-refractivity contribution in [2.75, 3.05) is 13.1 Å². The molecule has 0 aromatic carbocycles. The SMILES string of the molecule is CC(C(=O)c1ccc(Cl)s1)N(CC(N)=O)CC(N)=O. The molecule has 19 heavy (non-hydrogen) atoms. The summed E-state index contributed by atoms with van der Waals surface area (Å²) in [4.78, 5) is 35.9. The van der Waals surface area contributed by atoms with Gasteiger partial charge in [-0.05, 0) is 19.1 Å². The summed E-state index contributed by atoms with van der Waals surface area (Å²) < 4.78 is 0.493. The number of halogens is 1. The van der Waals surface area contributed by atoms with Crippen LogP contribution in [0.2, 0.25) is 4.34 Å². The van der Waals surface area contributed by atoms with Gasteiger partial charge < -0.3 is 11.5 Å². The van der Waals surface area contributed by atoms with Crippen molar-refractivity contribution in [1.29, 1.82) is 0 Å². The number of nitrogens with two attached hydrogens (primary N) is 2. The van der Waals surface area contributed by atoms with Gasteiger partial charge in [0.15, 0.2) is 5.78 Å². The Balaban J connectivity index is 2.85. The van der Waals surface area contributed by atoms with E-state index in [2.05, 4.69) is 0 Å². The van der Waals surface area contributed by atoms with Gasteiger partial charge in [0.1, 0.15) is 0 Å². The molecule has 0 fully saturated rings. The Bertz CT molecular complexity index is 487. The second-order valence-electron chi connectivity index (χ2n) is 3.98. The van der Waals surface area contributed by atoms with Crippen molar-refractivity contribution in [1.82, 2.24) is 4.90 Å². The molecule has 0 radical (unpaired) electrons. The van der Waals surface area contributed by atoms with Crippen LogP contribution >= 0.6 is 22.9 Å². The maximum Gasteiger partial charge on any atom is 0.231 e. The van der Waals surface area contributed by atoms with Gasteiger partial charge in [-0.2, -0.15) is 0 Å². The van der Waals surface area contributed by atoms with Crippen molar-refractivity contribution in [2.24, 2.45) is 11.5 Å². The molecule has 6 nitrogen and oxygen atoms in total. The number of amides is 2. The Labute approximate surface area is 119 Å². The minimum Gasteiger partial charge on any atom is -0.369 e. The molecule has 0 saturated heterocycles. The number of nitrogens with zero attached hydrogens (tertiary/aromatic N) is 1. The Morgan fingerprint density at radius 1 is 1.26 bits per heavy atom. The molecule has 1 atom stereocenters. The first-order valence-electron chi connectivity index (χ1n) is 5.41. The van der Waals surface area contributed by atoms with Crippen LogP contribution in [0.5, 0.6) is 0 Å².